The van der Waals surface area contributed by atoms with Crippen LogP contribution in [-0.2, 0) is 4.79 Å². The van der Waals surface area contributed by atoms with Crippen molar-refractivity contribution in [3.8, 4) is 0 Å². The molecule has 1 N–H and O–H groups in total. The monoisotopic (exact) mass is 261 g/mol. The fraction of sp³-hybridized carbons (Fsp3) is 0.182. The Hall–Kier alpha value is -2.64. The van der Waals surface area contributed by atoms with Gasteiger partial charge in [-0.25, -0.2) is 18.9 Å². The highest BCUT2D eigenvalue weighted by Crippen LogP contribution is 2.31. The number of carbonyl (C=O) groups is 1. The third-order valence-electron chi connectivity index (χ3n) is 2.90. The fourth-order valence-corrected chi connectivity index (χ4v) is 2.02. The standard InChI is InChI=1S/C11H8FN5O2/c12-7-4-2-1-3-6(7)9-5-8(10(18)19)13-11-14-15-16-17(9)11/h1-4,9H,5H2,(H,18,19). The Kier molecular flexibility index (Phi) is 2.55. The van der Waals surface area contributed by atoms with Crippen molar-refractivity contribution in [3.05, 3.63) is 35.6 Å². The molecule has 0 spiro atoms. The van der Waals surface area contributed by atoms with Gasteiger partial charge in [0.25, 0.3) is 5.95 Å². The molecule has 0 amide bonds. The van der Waals surface area contributed by atoms with Crippen LogP contribution in [0.15, 0.2) is 29.3 Å². The van der Waals surface area contributed by atoms with Crippen molar-refractivity contribution >= 4 is 17.6 Å². The van der Waals surface area contributed by atoms with Gasteiger partial charge in [-0.1, -0.05) is 23.3 Å². The van der Waals surface area contributed by atoms with E-state index in [4.69, 9.17) is 5.11 Å². The highest BCUT2D eigenvalue weighted by Gasteiger charge is 2.30. The SMILES string of the molecule is O=C(O)C1=Nc2nnnn2C(c2ccccc2F)C1. The first-order valence-corrected chi connectivity index (χ1v) is 5.50. The summed E-state index contributed by atoms with van der Waals surface area (Å²) in [6.45, 7) is 0. The number of carboxylic acids is 1. The number of tetrazole rings is 1. The van der Waals surface area contributed by atoms with Crippen LogP contribution >= 0.6 is 0 Å². The summed E-state index contributed by atoms with van der Waals surface area (Å²) in [5, 5.41) is 19.8. The van der Waals surface area contributed by atoms with Gasteiger partial charge in [0.1, 0.15) is 11.5 Å². The Morgan fingerprint density at radius 3 is 2.95 bits per heavy atom. The molecule has 1 aliphatic heterocycles. The Bertz CT molecular complexity index is 681. The number of aromatic nitrogens is 4. The Morgan fingerprint density at radius 2 is 2.21 bits per heavy atom. The van der Waals surface area contributed by atoms with E-state index in [2.05, 4.69) is 20.5 Å². The van der Waals surface area contributed by atoms with E-state index in [-0.39, 0.29) is 18.1 Å². The van der Waals surface area contributed by atoms with Crippen LogP contribution < -0.4 is 0 Å². The molecule has 0 aliphatic carbocycles. The first kappa shape index (κ1) is 11.5. The molecule has 8 heteroatoms. The molecule has 0 fully saturated rings. The molecule has 7 nitrogen and oxygen atoms in total. The van der Waals surface area contributed by atoms with Crippen molar-refractivity contribution in [2.75, 3.05) is 0 Å². The average Bonchev–Trinajstić information content (AvgIpc) is 2.86. The highest BCUT2D eigenvalue weighted by atomic mass is 19.1. The summed E-state index contributed by atoms with van der Waals surface area (Å²) in [5.41, 5.74) is 0.250. The normalized spacial score (nSPS) is 17.7. The molecule has 1 aromatic heterocycles. The summed E-state index contributed by atoms with van der Waals surface area (Å²) in [5.74, 6) is -1.52. The fourth-order valence-electron chi connectivity index (χ4n) is 2.02. The molecule has 0 saturated heterocycles. The van der Waals surface area contributed by atoms with Crippen LogP contribution in [0.5, 0.6) is 0 Å². The number of benzene rings is 1. The largest absolute Gasteiger partial charge is 0.477 e. The maximum Gasteiger partial charge on any atom is 0.350 e. The van der Waals surface area contributed by atoms with Gasteiger partial charge in [0, 0.05) is 12.0 Å². The lowest BCUT2D eigenvalue weighted by atomic mass is 9.99. The van der Waals surface area contributed by atoms with Crippen LogP contribution in [0, 0.1) is 5.82 Å². The zero-order valence-electron chi connectivity index (χ0n) is 9.56. The van der Waals surface area contributed by atoms with E-state index < -0.39 is 17.8 Å². The number of hydrogen-bond acceptors (Lipinski definition) is 5. The predicted molar refractivity (Wildman–Crippen MR) is 61.7 cm³/mol. The van der Waals surface area contributed by atoms with Gasteiger partial charge in [-0.3, -0.25) is 0 Å². The highest BCUT2D eigenvalue weighted by molar-refractivity contribution is 6.36. The molecule has 2 aromatic rings. The van der Waals surface area contributed by atoms with Crippen LogP contribution in [0.25, 0.3) is 0 Å². The number of fused-ring (bicyclic) bond motifs is 1. The van der Waals surface area contributed by atoms with E-state index in [1.165, 1.54) is 10.7 Å². The number of aliphatic imine (C=N–C) groups is 1. The Morgan fingerprint density at radius 1 is 1.42 bits per heavy atom. The molecule has 0 bridgehead atoms. The third kappa shape index (κ3) is 1.86. The first-order chi connectivity index (χ1) is 9.16. The Balaban J connectivity index is 2.12. The van der Waals surface area contributed by atoms with Crippen molar-refractivity contribution in [1.82, 2.24) is 20.2 Å². The number of aliphatic carboxylic acids is 1. The molecule has 3 rings (SSSR count). The summed E-state index contributed by atoms with van der Waals surface area (Å²) in [6, 6.07) is 5.53. The number of rotatable bonds is 2. The van der Waals surface area contributed by atoms with E-state index in [0.29, 0.717) is 5.56 Å². The van der Waals surface area contributed by atoms with Crippen LogP contribution in [0.3, 0.4) is 0 Å². The minimum absolute atomic E-state index is 0.0360. The van der Waals surface area contributed by atoms with Gasteiger partial charge in [-0.2, -0.15) is 0 Å². The van der Waals surface area contributed by atoms with Crippen molar-refractivity contribution in [2.24, 2.45) is 4.99 Å². The smallest absolute Gasteiger partial charge is 0.350 e. The minimum atomic E-state index is -1.16. The number of carboxylic acid groups (broad SMARTS) is 1. The molecular formula is C11H8FN5O2. The Labute approximate surface area is 106 Å². The average molecular weight is 261 g/mol. The molecular weight excluding hydrogens is 253 g/mol. The molecule has 0 radical (unpaired) electrons. The van der Waals surface area contributed by atoms with Gasteiger partial charge < -0.3 is 5.11 Å². The van der Waals surface area contributed by atoms with Crippen molar-refractivity contribution < 1.29 is 14.3 Å². The van der Waals surface area contributed by atoms with E-state index in [9.17, 15) is 9.18 Å². The second-order valence-electron chi connectivity index (χ2n) is 4.03. The second kappa shape index (κ2) is 4.23. The molecule has 1 aromatic carbocycles. The lowest BCUT2D eigenvalue weighted by molar-refractivity contribution is -0.129. The molecule has 1 aliphatic rings. The zero-order valence-corrected chi connectivity index (χ0v) is 9.56. The van der Waals surface area contributed by atoms with Crippen LogP contribution in [0.4, 0.5) is 10.3 Å². The maximum atomic E-state index is 13.8. The number of halogens is 1. The van der Waals surface area contributed by atoms with E-state index in [1.807, 2.05) is 0 Å². The molecule has 96 valence electrons. The summed E-state index contributed by atoms with van der Waals surface area (Å²) >= 11 is 0. The molecule has 19 heavy (non-hydrogen) atoms. The second-order valence-corrected chi connectivity index (χ2v) is 4.03. The van der Waals surface area contributed by atoms with Crippen molar-refractivity contribution in [3.63, 3.8) is 0 Å². The van der Waals surface area contributed by atoms with Gasteiger partial charge in [0.15, 0.2) is 0 Å². The van der Waals surface area contributed by atoms with Crippen LogP contribution in [0.2, 0.25) is 0 Å². The van der Waals surface area contributed by atoms with Gasteiger partial charge >= 0.3 is 5.97 Å². The van der Waals surface area contributed by atoms with Crippen molar-refractivity contribution in [1.29, 1.82) is 0 Å². The van der Waals surface area contributed by atoms with E-state index in [1.54, 1.807) is 18.2 Å². The molecule has 1 atom stereocenters. The van der Waals surface area contributed by atoms with Gasteiger partial charge in [0.05, 0.1) is 6.04 Å². The minimum Gasteiger partial charge on any atom is -0.477 e. The molecule has 2 heterocycles. The summed E-state index contributed by atoms with van der Waals surface area (Å²) in [4.78, 5) is 14.9. The quantitative estimate of drug-likeness (QED) is 0.869. The number of nitrogens with zero attached hydrogens (tertiary/aromatic N) is 5. The van der Waals surface area contributed by atoms with Crippen LogP contribution in [-0.4, -0.2) is 37.0 Å². The van der Waals surface area contributed by atoms with Gasteiger partial charge in [0.2, 0.25) is 0 Å². The van der Waals surface area contributed by atoms with E-state index >= 15 is 0 Å². The summed E-state index contributed by atoms with van der Waals surface area (Å²) in [6.07, 6.45) is 0.0360. The van der Waals surface area contributed by atoms with Gasteiger partial charge in [-0.15, -0.1) is 0 Å². The van der Waals surface area contributed by atoms with E-state index in [0.717, 1.165) is 0 Å². The third-order valence-corrected chi connectivity index (χ3v) is 2.90. The lowest BCUT2D eigenvalue weighted by Gasteiger charge is -2.21. The maximum absolute atomic E-state index is 13.8. The predicted octanol–water partition coefficient (Wildman–Crippen LogP) is 0.962. The van der Waals surface area contributed by atoms with Crippen LogP contribution in [0.1, 0.15) is 18.0 Å². The molecule has 0 saturated carbocycles. The lowest BCUT2D eigenvalue weighted by Crippen LogP contribution is -2.26. The summed E-state index contributed by atoms with van der Waals surface area (Å²) < 4.78 is 15.2. The van der Waals surface area contributed by atoms with Crippen molar-refractivity contribution in [2.45, 2.75) is 12.5 Å². The summed E-state index contributed by atoms with van der Waals surface area (Å²) in [7, 11) is 0. The number of hydrogen-bond donors (Lipinski definition) is 1. The molecule has 1 unspecified atom stereocenters. The first-order valence-electron chi connectivity index (χ1n) is 5.50. The van der Waals surface area contributed by atoms with Gasteiger partial charge in [-0.05, 0) is 16.5 Å². The zero-order chi connectivity index (χ0) is 13.4. The topological polar surface area (TPSA) is 93.3 Å².